The molecule has 3 rings (SSSR count). The number of benzene rings is 2. The topological polar surface area (TPSA) is 49.3 Å². The molecule has 0 bridgehead atoms. The predicted octanol–water partition coefficient (Wildman–Crippen LogP) is 2.10. The van der Waals surface area contributed by atoms with Crippen LogP contribution in [0.3, 0.4) is 0 Å². The van der Waals surface area contributed by atoms with Crippen LogP contribution in [0.4, 0.5) is 0 Å². The van der Waals surface area contributed by atoms with Gasteiger partial charge in [-0.15, -0.1) is 0 Å². The van der Waals surface area contributed by atoms with Crippen molar-refractivity contribution in [1.82, 2.24) is 19.8 Å². The Morgan fingerprint density at radius 1 is 1.08 bits per heavy atom. The highest BCUT2D eigenvalue weighted by atomic mass is 32.1. The minimum atomic E-state index is 0.604. The Bertz CT molecular complexity index is 945. The van der Waals surface area contributed by atoms with E-state index in [1.807, 2.05) is 24.3 Å². The molecule has 0 amide bonds. The van der Waals surface area contributed by atoms with Crippen LogP contribution in [-0.4, -0.2) is 33.9 Å². The number of quaternary nitrogens is 1. The molecule has 7 heteroatoms. The second-order valence-electron chi connectivity index (χ2n) is 6.53. The lowest BCUT2D eigenvalue weighted by atomic mass is 10.1. The minimum absolute atomic E-state index is 0.604. The third-order valence-electron chi connectivity index (χ3n) is 4.53. The molecule has 0 aliphatic rings. The summed E-state index contributed by atoms with van der Waals surface area (Å²) in [5.41, 5.74) is 4.58. The number of aromatic nitrogens is 4. The highest BCUT2D eigenvalue weighted by Gasteiger charge is 2.12. The van der Waals surface area contributed by atoms with E-state index in [-0.39, 0.29) is 0 Å². The van der Waals surface area contributed by atoms with Crippen molar-refractivity contribution in [3.8, 4) is 11.4 Å². The van der Waals surface area contributed by atoms with Gasteiger partial charge >= 0.3 is 0 Å². The van der Waals surface area contributed by atoms with Crippen molar-refractivity contribution in [2.45, 2.75) is 27.1 Å². The van der Waals surface area contributed by atoms with Gasteiger partial charge in [-0.05, 0) is 78.0 Å². The average Bonchev–Trinajstić information content (AvgIpc) is 2.98. The van der Waals surface area contributed by atoms with Crippen LogP contribution in [0.25, 0.3) is 5.69 Å². The summed E-state index contributed by atoms with van der Waals surface area (Å²) in [6.45, 7) is 5.67. The van der Waals surface area contributed by atoms with Crippen molar-refractivity contribution in [2.75, 3.05) is 14.2 Å². The Balaban J connectivity index is 1.75. The number of rotatable bonds is 6. The van der Waals surface area contributed by atoms with Gasteiger partial charge in [0.15, 0.2) is 6.67 Å². The summed E-state index contributed by atoms with van der Waals surface area (Å²) in [6.07, 6.45) is 0. The molecule has 1 heterocycles. The third kappa shape index (κ3) is 3.84. The van der Waals surface area contributed by atoms with Crippen LogP contribution in [-0.2, 0) is 13.2 Å². The van der Waals surface area contributed by atoms with E-state index in [1.165, 1.54) is 16.0 Å². The van der Waals surface area contributed by atoms with E-state index in [1.54, 1.807) is 16.5 Å². The van der Waals surface area contributed by atoms with Gasteiger partial charge in [0.2, 0.25) is 4.77 Å². The smallest absolute Gasteiger partial charge is 0.225 e. The number of hydrogen-bond donors (Lipinski definition) is 1. The van der Waals surface area contributed by atoms with Gasteiger partial charge in [-0.2, -0.15) is 9.36 Å². The summed E-state index contributed by atoms with van der Waals surface area (Å²) in [7, 11) is 3.79. The van der Waals surface area contributed by atoms with Crippen molar-refractivity contribution in [1.29, 1.82) is 0 Å². The molecule has 0 aliphatic heterocycles. The van der Waals surface area contributed by atoms with E-state index in [2.05, 4.69) is 49.5 Å². The second-order valence-corrected chi connectivity index (χ2v) is 6.90. The van der Waals surface area contributed by atoms with Gasteiger partial charge in [-0.25, -0.2) is 0 Å². The quantitative estimate of drug-likeness (QED) is 0.675. The van der Waals surface area contributed by atoms with E-state index in [9.17, 15) is 0 Å². The molecule has 1 atom stereocenters. The highest BCUT2D eigenvalue weighted by Crippen LogP contribution is 2.16. The van der Waals surface area contributed by atoms with Crippen LogP contribution >= 0.6 is 12.2 Å². The van der Waals surface area contributed by atoms with Crippen LogP contribution in [0.1, 0.15) is 16.7 Å². The standard InChI is InChI=1S/C19H23N5OS/c1-14-6-5-7-18(15(14)2)24-19(26)23(20-21-24)13-22(3)12-16-8-10-17(25-4)11-9-16/h5-11H,12-13H2,1-4H3/p+1. The Kier molecular flexibility index (Phi) is 5.49. The number of tetrazole rings is 1. The second kappa shape index (κ2) is 7.80. The number of nitrogens with one attached hydrogen (secondary N) is 1. The van der Waals surface area contributed by atoms with Crippen LogP contribution in [0, 0.1) is 18.6 Å². The zero-order chi connectivity index (χ0) is 18.7. The molecule has 136 valence electrons. The van der Waals surface area contributed by atoms with E-state index in [4.69, 9.17) is 17.0 Å². The van der Waals surface area contributed by atoms with Crippen LogP contribution in [0.5, 0.6) is 5.75 Å². The van der Waals surface area contributed by atoms with Crippen LogP contribution in [0.15, 0.2) is 42.5 Å². The van der Waals surface area contributed by atoms with E-state index < -0.39 is 0 Å². The SMILES string of the molecule is COc1ccc(C[NH+](C)Cn2nnn(-c3cccc(C)c3C)c2=S)cc1. The molecular weight excluding hydrogens is 346 g/mol. The molecular formula is C19H24N5OS+. The fourth-order valence-electron chi connectivity index (χ4n) is 2.89. The van der Waals surface area contributed by atoms with Crippen LogP contribution in [0.2, 0.25) is 0 Å². The maximum absolute atomic E-state index is 5.60. The highest BCUT2D eigenvalue weighted by molar-refractivity contribution is 7.71. The molecule has 1 aromatic heterocycles. The summed E-state index contributed by atoms with van der Waals surface area (Å²) in [5.74, 6) is 0.866. The molecule has 2 aromatic carbocycles. The Morgan fingerprint density at radius 2 is 1.81 bits per heavy atom. The number of nitrogens with zero attached hydrogens (tertiary/aromatic N) is 4. The minimum Gasteiger partial charge on any atom is -0.497 e. The molecule has 0 radical (unpaired) electrons. The number of methoxy groups -OCH3 is 1. The van der Waals surface area contributed by atoms with Crippen molar-refractivity contribution >= 4 is 12.2 Å². The summed E-state index contributed by atoms with van der Waals surface area (Å²) >= 11 is 5.60. The Hall–Kier alpha value is -2.51. The predicted molar refractivity (Wildman–Crippen MR) is 103 cm³/mol. The van der Waals surface area contributed by atoms with Gasteiger partial charge in [0.05, 0.1) is 19.8 Å². The number of ether oxygens (including phenoxy) is 1. The summed E-state index contributed by atoms with van der Waals surface area (Å²) < 4.78 is 9.32. The zero-order valence-corrected chi connectivity index (χ0v) is 16.4. The Labute approximate surface area is 158 Å². The van der Waals surface area contributed by atoms with Gasteiger partial charge in [-0.3, -0.25) is 0 Å². The van der Waals surface area contributed by atoms with Crippen molar-refractivity contribution < 1.29 is 9.64 Å². The first-order chi connectivity index (χ1) is 12.5. The molecule has 0 saturated carbocycles. The summed E-state index contributed by atoms with van der Waals surface area (Å²) in [6, 6.07) is 14.2. The molecule has 0 aliphatic carbocycles. The van der Waals surface area contributed by atoms with Gasteiger partial charge in [0.25, 0.3) is 0 Å². The average molecular weight is 371 g/mol. The van der Waals surface area contributed by atoms with Gasteiger partial charge in [-0.1, -0.05) is 12.1 Å². The maximum Gasteiger partial charge on any atom is 0.225 e. The lowest BCUT2D eigenvalue weighted by molar-refractivity contribution is -0.917. The van der Waals surface area contributed by atoms with Crippen molar-refractivity contribution in [3.05, 3.63) is 63.9 Å². The largest absolute Gasteiger partial charge is 0.497 e. The van der Waals surface area contributed by atoms with E-state index in [0.29, 0.717) is 11.4 Å². The summed E-state index contributed by atoms with van der Waals surface area (Å²) in [5, 5.41) is 8.52. The van der Waals surface area contributed by atoms with E-state index >= 15 is 0 Å². The normalized spacial score (nSPS) is 12.2. The monoisotopic (exact) mass is 370 g/mol. The first-order valence-corrected chi connectivity index (χ1v) is 8.94. The molecule has 6 nitrogen and oxygen atoms in total. The van der Waals surface area contributed by atoms with E-state index in [0.717, 1.165) is 23.5 Å². The number of hydrogen-bond acceptors (Lipinski definition) is 4. The zero-order valence-electron chi connectivity index (χ0n) is 15.6. The fourth-order valence-corrected chi connectivity index (χ4v) is 3.13. The molecule has 0 fully saturated rings. The molecule has 1 unspecified atom stereocenters. The molecule has 0 saturated heterocycles. The lowest BCUT2D eigenvalue weighted by Crippen LogP contribution is -3.07. The number of aryl methyl sites for hydroxylation is 1. The maximum atomic E-state index is 5.60. The first-order valence-electron chi connectivity index (χ1n) is 8.53. The fraction of sp³-hybridized carbons (Fsp3) is 0.316. The molecule has 26 heavy (non-hydrogen) atoms. The Morgan fingerprint density at radius 3 is 2.50 bits per heavy atom. The first kappa shape index (κ1) is 18.3. The molecule has 3 aromatic rings. The van der Waals surface area contributed by atoms with Crippen LogP contribution < -0.4 is 9.64 Å². The van der Waals surface area contributed by atoms with Gasteiger partial charge < -0.3 is 9.64 Å². The van der Waals surface area contributed by atoms with Gasteiger partial charge in [0, 0.05) is 5.56 Å². The lowest BCUT2D eigenvalue weighted by Gasteiger charge is -2.13. The third-order valence-corrected chi connectivity index (χ3v) is 4.91. The molecule has 0 spiro atoms. The molecule has 1 N–H and O–H groups in total. The van der Waals surface area contributed by atoms with Crippen molar-refractivity contribution in [2.24, 2.45) is 0 Å². The van der Waals surface area contributed by atoms with Crippen molar-refractivity contribution in [3.63, 3.8) is 0 Å². The van der Waals surface area contributed by atoms with Gasteiger partial charge in [0.1, 0.15) is 12.3 Å². The summed E-state index contributed by atoms with van der Waals surface area (Å²) in [4.78, 5) is 1.26.